The third-order valence-electron chi connectivity index (χ3n) is 4.84. The summed E-state index contributed by atoms with van der Waals surface area (Å²) >= 11 is 0. The van der Waals surface area contributed by atoms with E-state index in [1.807, 2.05) is 24.3 Å². The van der Waals surface area contributed by atoms with Crippen LogP contribution < -0.4 is 15.8 Å². The van der Waals surface area contributed by atoms with Gasteiger partial charge in [-0.25, -0.2) is 0 Å². The average molecular weight is 354 g/mol. The van der Waals surface area contributed by atoms with Crippen LogP contribution in [0.1, 0.15) is 18.4 Å². The van der Waals surface area contributed by atoms with E-state index in [1.165, 1.54) is 0 Å². The van der Waals surface area contributed by atoms with Crippen LogP contribution in [0.3, 0.4) is 0 Å². The molecule has 2 aromatic rings. The molecule has 0 unspecified atom stereocenters. The monoisotopic (exact) mass is 354 g/mol. The molecule has 136 valence electrons. The number of anilines is 1. The lowest BCUT2D eigenvalue weighted by molar-refractivity contribution is -0.125. The van der Waals surface area contributed by atoms with Crippen molar-refractivity contribution < 1.29 is 9.90 Å². The molecule has 3 N–H and O–H groups in total. The first kappa shape index (κ1) is 18.0. The van der Waals surface area contributed by atoms with Gasteiger partial charge in [0.15, 0.2) is 0 Å². The second-order valence-corrected chi connectivity index (χ2v) is 6.44. The van der Waals surface area contributed by atoms with E-state index in [9.17, 15) is 9.59 Å². The van der Waals surface area contributed by atoms with Gasteiger partial charge in [0.2, 0.25) is 5.91 Å². The fraction of sp³-hybridized carbons (Fsp3) is 0.421. The van der Waals surface area contributed by atoms with Crippen LogP contribution in [-0.4, -0.2) is 42.2 Å². The molecule has 1 aromatic carbocycles. The minimum Gasteiger partial charge on any atom is -0.395 e. The number of aliphatic hydroxyl groups is 1. The van der Waals surface area contributed by atoms with Crippen LogP contribution in [0.25, 0.3) is 10.9 Å². The van der Waals surface area contributed by atoms with Crippen molar-refractivity contribution in [3.8, 4) is 6.07 Å². The van der Waals surface area contributed by atoms with Crippen molar-refractivity contribution in [3.63, 3.8) is 0 Å². The molecule has 0 spiro atoms. The number of aliphatic hydroxyl groups excluding tert-OH is 1. The zero-order valence-corrected chi connectivity index (χ0v) is 14.5. The number of aromatic amines is 1. The summed E-state index contributed by atoms with van der Waals surface area (Å²) in [6.45, 7) is 1.48. The van der Waals surface area contributed by atoms with Gasteiger partial charge in [-0.15, -0.1) is 0 Å². The van der Waals surface area contributed by atoms with Gasteiger partial charge in [-0.2, -0.15) is 5.26 Å². The summed E-state index contributed by atoms with van der Waals surface area (Å²) in [4.78, 5) is 29.5. The van der Waals surface area contributed by atoms with E-state index in [0.29, 0.717) is 31.5 Å². The largest absolute Gasteiger partial charge is 0.395 e. The number of nitrogens with zero attached hydrogens (tertiary/aromatic N) is 2. The predicted molar refractivity (Wildman–Crippen MR) is 98.9 cm³/mol. The van der Waals surface area contributed by atoms with E-state index < -0.39 is 0 Å². The van der Waals surface area contributed by atoms with Gasteiger partial charge in [0.05, 0.1) is 35.9 Å². The first-order valence-electron chi connectivity index (χ1n) is 8.80. The lowest BCUT2D eigenvalue weighted by Crippen LogP contribution is -2.42. The summed E-state index contributed by atoms with van der Waals surface area (Å²) in [5.74, 6) is -0.128. The Morgan fingerprint density at radius 3 is 2.77 bits per heavy atom. The number of piperidine rings is 1. The number of hydrogen-bond donors (Lipinski definition) is 3. The van der Waals surface area contributed by atoms with Crippen molar-refractivity contribution in [1.29, 1.82) is 5.26 Å². The first-order chi connectivity index (χ1) is 12.7. The third kappa shape index (κ3) is 3.55. The van der Waals surface area contributed by atoms with Crippen LogP contribution >= 0.6 is 0 Å². The Balaban J connectivity index is 1.89. The van der Waals surface area contributed by atoms with Gasteiger partial charge in [0.25, 0.3) is 5.56 Å². The number of nitriles is 1. The summed E-state index contributed by atoms with van der Waals surface area (Å²) in [7, 11) is 0. The Bertz CT molecular complexity index is 892. The number of aromatic nitrogens is 1. The van der Waals surface area contributed by atoms with Crippen LogP contribution in [0.15, 0.2) is 29.1 Å². The zero-order valence-electron chi connectivity index (χ0n) is 14.5. The summed E-state index contributed by atoms with van der Waals surface area (Å²) in [5, 5.41) is 21.6. The van der Waals surface area contributed by atoms with Crippen molar-refractivity contribution in [2.45, 2.75) is 19.3 Å². The quantitative estimate of drug-likeness (QED) is 0.740. The molecule has 0 radical (unpaired) electrons. The second-order valence-electron chi connectivity index (χ2n) is 6.44. The van der Waals surface area contributed by atoms with Crippen molar-refractivity contribution in [3.05, 3.63) is 40.2 Å². The molecule has 1 amide bonds. The van der Waals surface area contributed by atoms with Crippen LogP contribution in [0.4, 0.5) is 5.69 Å². The molecule has 1 fully saturated rings. The van der Waals surface area contributed by atoms with E-state index in [0.717, 1.165) is 16.6 Å². The molecule has 2 heterocycles. The third-order valence-corrected chi connectivity index (χ3v) is 4.84. The highest BCUT2D eigenvalue weighted by Crippen LogP contribution is 2.31. The molecule has 0 saturated carbocycles. The topological polar surface area (TPSA) is 109 Å². The number of carbonyl (C=O) groups excluding carboxylic acids is 1. The van der Waals surface area contributed by atoms with E-state index in [4.69, 9.17) is 10.4 Å². The number of pyridine rings is 1. The summed E-state index contributed by atoms with van der Waals surface area (Å²) < 4.78 is 0. The number of benzene rings is 1. The van der Waals surface area contributed by atoms with Crippen molar-refractivity contribution in [2.24, 2.45) is 5.92 Å². The Kier molecular flexibility index (Phi) is 5.54. The highest BCUT2D eigenvalue weighted by molar-refractivity contribution is 5.93. The number of carbonyl (C=O) groups is 1. The van der Waals surface area contributed by atoms with Crippen molar-refractivity contribution >= 4 is 22.5 Å². The van der Waals surface area contributed by atoms with Gasteiger partial charge in [-0.1, -0.05) is 18.2 Å². The summed E-state index contributed by atoms with van der Waals surface area (Å²) in [6.07, 6.45) is 1.39. The van der Waals surface area contributed by atoms with E-state index in [2.05, 4.69) is 21.3 Å². The molecule has 0 atom stereocenters. The molecule has 1 aromatic heterocycles. The lowest BCUT2D eigenvalue weighted by Gasteiger charge is -2.34. The molecule has 7 heteroatoms. The lowest BCUT2D eigenvalue weighted by atomic mass is 9.94. The molecule has 26 heavy (non-hydrogen) atoms. The first-order valence-corrected chi connectivity index (χ1v) is 8.80. The highest BCUT2D eigenvalue weighted by atomic mass is 16.3. The smallest absolute Gasteiger partial charge is 0.254 e. The Hall–Kier alpha value is -2.85. The number of nitrogens with one attached hydrogen (secondary N) is 2. The molecular formula is C19H22N4O3. The van der Waals surface area contributed by atoms with E-state index in [-0.39, 0.29) is 37.0 Å². The average Bonchev–Trinajstić information content (AvgIpc) is 2.67. The van der Waals surface area contributed by atoms with Crippen LogP contribution in [-0.2, 0) is 11.2 Å². The van der Waals surface area contributed by atoms with Crippen LogP contribution in [0, 0.1) is 17.2 Å². The molecule has 1 aliphatic rings. The molecule has 1 saturated heterocycles. The molecule has 7 nitrogen and oxygen atoms in total. The molecule has 3 rings (SSSR count). The maximum absolute atomic E-state index is 12.5. The fourth-order valence-electron chi connectivity index (χ4n) is 3.56. The second kappa shape index (κ2) is 8.02. The normalized spacial score (nSPS) is 15.0. The van der Waals surface area contributed by atoms with E-state index in [1.54, 1.807) is 0 Å². The van der Waals surface area contributed by atoms with Gasteiger partial charge in [0, 0.05) is 30.9 Å². The van der Waals surface area contributed by atoms with Gasteiger partial charge in [-0.3, -0.25) is 9.59 Å². The summed E-state index contributed by atoms with van der Waals surface area (Å²) in [5.41, 5.74) is 1.80. The number of fused-ring (bicyclic) bond motifs is 1. The van der Waals surface area contributed by atoms with Gasteiger partial charge >= 0.3 is 0 Å². The van der Waals surface area contributed by atoms with E-state index >= 15 is 0 Å². The predicted octanol–water partition coefficient (Wildman–Crippen LogP) is 0.919. The molecule has 1 aliphatic heterocycles. The Labute approximate surface area is 151 Å². The zero-order chi connectivity index (χ0) is 18.5. The fourth-order valence-corrected chi connectivity index (χ4v) is 3.56. The SMILES string of the molecule is N#CCc1c(N2CCC(C(=O)NCCO)CC2)c2ccccc2[nH]c1=O. The number of hydrogen-bond acceptors (Lipinski definition) is 5. The maximum Gasteiger partial charge on any atom is 0.254 e. The Morgan fingerprint density at radius 1 is 1.35 bits per heavy atom. The number of H-pyrrole nitrogens is 1. The number of rotatable bonds is 5. The van der Waals surface area contributed by atoms with Crippen molar-refractivity contribution in [2.75, 3.05) is 31.1 Å². The van der Waals surface area contributed by atoms with Crippen LogP contribution in [0.2, 0.25) is 0 Å². The number of amides is 1. The van der Waals surface area contributed by atoms with Gasteiger partial charge < -0.3 is 20.3 Å². The molecule has 0 aliphatic carbocycles. The highest BCUT2D eigenvalue weighted by Gasteiger charge is 2.27. The molecule has 0 bridgehead atoms. The number of para-hydroxylation sites is 1. The minimum atomic E-state index is -0.233. The summed E-state index contributed by atoms with van der Waals surface area (Å²) in [6, 6.07) is 9.66. The minimum absolute atomic E-state index is 0.0354. The maximum atomic E-state index is 12.5. The molecular weight excluding hydrogens is 332 g/mol. The van der Waals surface area contributed by atoms with Gasteiger partial charge in [0.1, 0.15) is 0 Å². The Morgan fingerprint density at radius 2 is 2.08 bits per heavy atom. The van der Waals surface area contributed by atoms with Crippen LogP contribution in [0.5, 0.6) is 0 Å². The van der Waals surface area contributed by atoms with Crippen molar-refractivity contribution in [1.82, 2.24) is 10.3 Å². The van der Waals surface area contributed by atoms with Gasteiger partial charge in [-0.05, 0) is 18.9 Å². The standard InChI is InChI=1S/C19H22N4O3/c20-8-5-15-17(14-3-1-2-4-16(14)22-19(15)26)23-10-6-13(7-11-23)18(25)21-9-12-24/h1-4,13,24H,5-7,9-12H2,(H,21,25)(H,22,26).